The Labute approximate surface area is 78.2 Å². The van der Waals surface area contributed by atoms with Crippen molar-refractivity contribution in [3.05, 3.63) is 12.2 Å². The van der Waals surface area contributed by atoms with Gasteiger partial charge < -0.3 is 0 Å². The molecule has 1 amide bonds. The van der Waals surface area contributed by atoms with Crippen molar-refractivity contribution in [1.82, 2.24) is 20.5 Å². The van der Waals surface area contributed by atoms with Gasteiger partial charge in [0.15, 0.2) is 5.17 Å². The molecule has 0 fully saturated rings. The fraction of sp³-hybridized carbons (Fsp3) is 0.333. The molecular weight excluding hydrogens is 190 g/mol. The lowest BCUT2D eigenvalue weighted by Gasteiger charge is -1.99. The van der Waals surface area contributed by atoms with E-state index in [4.69, 9.17) is 0 Å². The zero-order valence-electron chi connectivity index (χ0n) is 6.65. The molecule has 0 spiro atoms. The van der Waals surface area contributed by atoms with Crippen LogP contribution in [-0.4, -0.2) is 38.6 Å². The normalized spacial score (nSPS) is 15.5. The van der Waals surface area contributed by atoms with Gasteiger partial charge in [-0.2, -0.15) is 5.10 Å². The van der Waals surface area contributed by atoms with Gasteiger partial charge in [-0.05, 0) is 0 Å². The highest BCUT2D eigenvalue weighted by molar-refractivity contribution is 8.14. The van der Waals surface area contributed by atoms with Gasteiger partial charge in [-0.15, -0.1) is 0 Å². The van der Waals surface area contributed by atoms with E-state index in [0.29, 0.717) is 5.17 Å². The SMILES string of the molecule is O=C(NC1=NCCS1)c1ncn[nH]1. The Morgan fingerprint density at radius 1 is 1.69 bits per heavy atom. The monoisotopic (exact) mass is 197 g/mol. The molecule has 0 bridgehead atoms. The Hall–Kier alpha value is -1.37. The molecule has 0 aliphatic carbocycles. The van der Waals surface area contributed by atoms with Crippen LogP contribution in [0.3, 0.4) is 0 Å². The predicted molar refractivity (Wildman–Crippen MR) is 48.6 cm³/mol. The summed E-state index contributed by atoms with van der Waals surface area (Å²) in [5.41, 5.74) is 0. The van der Waals surface area contributed by atoms with Gasteiger partial charge in [0.2, 0.25) is 5.82 Å². The van der Waals surface area contributed by atoms with Crippen LogP contribution in [0.2, 0.25) is 0 Å². The molecule has 1 aromatic heterocycles. The summed E-state index contributed by atoms with van der Waals surface area (Å²) >= 11 is 1.52. The lowest BCUT2D eigenvalue weighted by molar-refractivity contribution is 0.0968. The van der Waals surface area contributed by atoms with E-state index in [0.717, 1.165) is 12.3 Å². The maximum absolute atomic E-state index is 11.3. The van der Waals surface area contributed by atoms with Crippen molar-refractivity contribution in [1.29, 1.82) is 0 Å². The molecule has 13 heavy (non-hydrogen) atoms. The molecule has 1 aliphatic heterocycles. The molecular formula is C6H7N5OS. The second-order valence-corrected chi connectivity index (χ2v) is 3.41. The van der Waals surface area contributed by atoms with Crippen LogP contribution in [0.4, 0.5) is 0 Å². The molecule has 0 saturated heterocycles. The summed E-state index contributed by atoms with van der Waals surface area (Å²) in [6.45, 7) is 0.761. The van der Waals surface area contributed by atoms with Crippen LogP contribution in [0, 0.1) is 0 Å². The first-order valence-electron chi connectivity index (χ1n) is 3.70. The number of nitrogens with zero attached hydrogens (tertiary/aromatic N) is 3. The number of aromatic nitrogens is 3. The molecule has 2 N–H and O–H groups in total. The number of amidine groups is 1. The van der Waals surface area contributed by atoms with E-state index in [1.165, 1.54) is 18.1 Å². The largest absolute Gasteiger partial charge is 0.299 e. The van der Waals surface area contributed by atoms with Gasteiger partial charge in [-0.1, -0.05) is 11.8 Å². The minimum absolute atomic E-state index is 0.204. The third kappa shape index (κ3) is 1.86. The summed E-state index contributed by atoms with van der Waals surface area (Å²) in [4.78, 5) is 19.1. The number of thioether (sulfide) groups is 1. The van der Waals surface area contributed by atoms with Crippen LogP contribution in [0.25, 0.3) is 0 Å². The van der Waals surface area contributed by atoms with Crippen molar-refractivity contribution >= 4 is 22.8 Å². The number of carbonyl (C=O) groups excluding carboxylic acids is 1. The number of H-pyrrole nitrogens is 1. The number of hydrogen-bond acceptors (Lipinski definition) is 5. The molecule has 1 aliphatic rings. The average Bonchev–Trinajstić information content (AvgIpc) is 2.74. The number of nitrogens with one attached hydrogen (secondary N) is 2. The maximum atomic E-state index is 11.3. The zero-order valence-corrected chi connectivity index (χ0v) is 7.47. The van der Waals surface area contributed by atoms with Gasteiger partial charge in [-0.25, -0.2) is 4.98 Å². The summed E-state index contributed by atoms with van der Waals surface area (Å²) in [6.07, 6.45) is 1.29. The van der Waals surface area contributed by atoms with Gasteiger partial charge in [0.25, 0.3) is 5.91 Å². The van der Waals surface area contributed by atoms with Crippen LogP contribution in [-0.2, 0) is 0 Å². The molecule has 0 unspecified atom stereocenters. The Morgan fingerprint density at radius 2 is 2.62 bits per heavy atom. The van der Waals surface area contributed by atoms with Crippen LogP contribution in [0.15, 0.2) is 11.3 Å². The van der Waals surface area contributed by atoms with E-state index in [1.807, 2.05) is 0 Å². The van der Waals surface area contributed by atoms with Crippen molar-refractivity contribution in [2.75, 3.05) is 12.3 Å². The highest BCUT2D eigenvalue weighted by atomic mass is 32.2. The Balaban J connectivity index is 1.99. The van der Waals surface area contributed by atoms with Crippen molar-refractivity contribution in [2.24, 2.45) is 4.99 Å². The third-order valence-corrected chi connectivity index (χ3v) is 2.33. The van der Waals surface area contributed by atoms with Crippen LogP contribution < -0.4 is 5.32 Å². The Kier molecular flexibility index (Phi) is 2.26. The summed E-state index contributed by atoms with van der Waals surface area (Å²) in [7, 11) is 0. The number of aromatic amines is 1. The highest BCUT2D eigenvalue weighted by Crippen LogP contribution is 2.08. The molecule has 6 nitrogen and oxygen atoms in total. The maximum Gasteiger partial charge on any atom is 0.294 e. The number of hydrogen-bond donors (Lipinski definition) is 2. The van der Waals surface area contributed by atoms with Crippen molar-refractivity contribution < 1.29 is 4.79 Å². The lowest BCUT2D eigenvalue weighted by atomic mass is 10.6. The minimum Gasteiger partial charge on any atom is -0.299 e. The van der Waals surface area contributed by atoms with Gasteiger partial charge >= 0.3 is 0 Å². The first kappa shape index (κ1) is 8.24. The molecule has 68 valence electrons. The second-order valence-electron chi connectivity index (χ2n) is 2.32. The highest BCUT2D eigenvalue weighted by Gasteiger charge is 2.13. The first-order valence-corrected chi connectivity index (χ1v) is 4.69. The summed E-state index contributed by atoms with van der Waals surface area (Å²) in [5.74, 6) is 0.826. The number of aliphatic imine (C=N–C) groups is 1. The number of rotatable bonds is 1. The molecule has 0 atom stereocenters. The summed E-state index contributed by atoms with van der Waals surface area (Å²) < 4.78 is 0. The molecule has 0 saturated carbocycles. The third-order valence-electron chi connectivity index (χ3n) is 1.44. The standard InChI is InChI=1S/C6H7N5OS/c12-5(4-8-3-9-11-4)10-6-7-1-2-13-6/h3H,1-2H2,(H,7,10,12)(H,8,9,11). The van der Waals surface area contributed by atoms with Gasteiger partial charge in [-0.3, -0.25) is 20.2 Å². The molecule has 2 rings (SSSR count). The van der Waals surface area contributed by atoms with E-state index in [2.05, 4.69) is 25.5 Å². The fourth-order valence-electron chi connectivity index (χ4n) is 0.882. The molecule has 7 heteroatoms. The molecule has 2 heterocycles. The van der Waals surface area contributed by atoms with Crippen LogP contribution >= 0.6 is 11.8 Å². The van der Waals surface area contributed by atoms with Crippen molar-refractivity contribution in [3.63, 3.8) is 0 Å². The average molecular weight is 197 g/mol. The summed E-state index contributed by atoms with van der Waals surface area (Å²) in [5, 5.41) is 9.32. The van der Waals surface area contributed by atoms with Crippen molar-refractivity contribution in [3.8, 4) is 0 Å². The van der Waals surface area contributed by atoms with E-state index in [-0.39, 0.29) is 11.7 Å². The minimum atomic E-state index is -0.300. The Morgan fingerprint density at radius 3 is 3.23 bits per heavy atom. The quantitative estimate of drug-likeness (QED) is 0.644. The van der Waals surface area contributed by atoms with E-state index >= 15 is 0 Å². The van der Waals surface area contributed by atoms with E-state index in [9.17, 15) is 4.79 Å². The topological polar surface area (TPSA) is 83.0 Å². The lowest BCUT2D eigenvalue weighted by Crippen LogP contribution is -2.28. The van der Waals surface area contributed by atoms with Crippen LogP contribution in [0.5, 0.6) is 0 Å². The molecule has 0 radical (unpaired) electrons. The summed E-state index contributed by atoms with van der Waals surface area (Å²) in [6, 6.07) is 0. The van der Waals surface area contributed by atoms with Gasteiger partial charge in [0, 0.05) is 5.75 Å². The van der Waals surface area contributed by atoms with Gasteiger partial charge in [0.05, 0.1) is 6.54 Å². The predicted octanol–water partition coefficient (Wildman–Crippen LogP) is -0.363. The van der Waals surface area contributed by atoms with E-state index < -0.39 is 0 Å². The van der Waals surface area contributed by atoms with E-state index in [1.54, 1.807) is 0 Å². The zero-order chi connectivity index (χ0) is 9.10. The smallest absolute Gasteiger partial charge is 0.294 e. The second kappa shape index (κ2) is 3.56. The first-order chi connectivity index (χ1) is 6.36. The van der Waals surface area contributed by atoms with Gasteiger partial charge in [0.1, 0.15) is 6.33 Å². The van der Waals surface area contributed by atoms with Crippen molar-refractivity contribution in [2.45, 2.75) is 0 Å². The number of carbonyl (C=O) groups is 1. The fourth-order valence-corrected chi connectivity index (χ4v) is 1.61. The van der Waals surface area contributed by atoms with Crippen LogP contribution in [0.1, 0.15) is 10.6 Å². The molecule has 1 aromatic rings. The Bertz CT molecular complexity index is 333. The number of amides is 1. The molecule has 0 aromatic carbocycles.